The lowest BCUT2D eigenvalue weighted by molar-refractivity contribution is -0.578. The molecule has 0 saturated carbocycles. The number of hydrogen-bond donors (Lipinski definition) is 2. The molecule has 8 heteroatoms. The Bertz CT molecular complexity index is 1140. The van der Waals surface area contributed by atoms with Crippen molar-refractivity contribution in [3.8, 4) is 11.3 Å². The summed E-state index contributed by atoms with van der Waals surface area (Å²) in [4.78, 5) is 0. The molecule has 7 nitrogen and oxygen atoms in total. The topological polar surface area (TPSA) is 97.1 Å². The quantitative estimate of drug-likeness (QED) is 0.276. The van der Waals surface area contributed by atoms with E-state index in [0.717, 1.165) is 27.1 Å². The molecule has 0 aliphatic carbocycles. The van der Waals surface area contributed by atoms with Gasteiger partial charge in [0.2, 0.25) is 0 Å². The molecule has 2 aromatic carbocycles. The SMILES string of the molecule is [O-][n+]1c(-c2ccccc2)cc2c(c1Nc1ccc([N+]3([O-])CC[S+]([O-])CC3)cc1)CNC=C2. The molecular formula is C24H24N4O3S. The maximum Gasteiger partial charge on any atom is 0.288 e. The second-order valence-electron chi connectivity index (χ2n) is 8.04. The van der Waals surface area contributed by atoms with Gasteiger partial charge in [-0.25, -0.2) is 10.0 Å². The maximum atomic E-state index is 13.4. The van der Waals surface area contributed by atoms with Crippen molar-refractivity contribution in [3.05, 3.63) is 88.4 Å². The molecule has 1 saturated heterocycles. The van der Waals surface area contributed by atoms with Gasteiger partial charge in [-0.1, -0.05) is 30.3 Å². The van der Waals surface area contributed by atoms with E-state index in [1.807, 2.05) is 60.8 Å². The van der Waals surface area contributed by atoms with Crippen LogP contribution in [0, 0.1) is 10.4 Å². The molecule has 0 bridgehead atoms. The minimum absolute atomic E-state index is 0.324. The minimum atomic E-state index is -0.891. The summed E-state index contributed by atoms with van der Waals surface area (Å²) in [6.07, 6.45) is 3.85. The first-order valence-corrected chi connectivity index (χ1v) is 12.1. The lowest BCUT2D eigenvalue weighted by Gasteiger charge is -2.44. The fourth-order valence-electron chi connectivity index (χ4n) is 4.18. The molecule has 5 rings (SSSR count). The smallest absolute Gasteiger partial charge is 0.288 e. The van der Waals surface area contributed by atoms with E-state index in [4.69, 9.17) is 0 Å². The first-order valence-electron chi connectivity index (χ1n) is 10.6. The third-order valence-electron chi connectivity index (χ3n) is 6.04. The predicted molar refractivity (Wildman–Crippen MR) is 129 cm³/mol. The van der Waals surface area contributed by atoms with Crippen LogP contribution in [0.25, 0.3) is 17.3 Å². The van der Waals surface area contributed by atoms with Crippen LogP contribution in [0.4, 0.5) is 17.2 Å². The lowest BCUT2D eigenvalue weighted by atomic mass is 10.0. The largest absolute Gasteiger partial charge is 0.710 e. The fourth-order valence-corrected chi connectivity index (χ4v) is 5.38. The van der Waals surface area contributed by atoms with Crippen molar-refractivity contribution >= 4 is 34.4 Å². The van der Waals surface area contributed by atoms with Gasteiger partial charge in [0.1, 0.15) is 30.2 Å². The molecule has 164 valence electrons. The van der Waals surface area contributed by atoms with E-state index in [9.17, 15) is 15.0 Å². The summed E-state index contributed by atoms with van der Waals surface area (Å²) in [6.45, 7) is 1.19. The Kier molecular flexibility index (Phi) is 5.52. The van der Waals surface area contributed by atoms with Crippen LogP contribution in [0.5, 0.6) is 0 Å². The van der Waals surface area contributed by atoms with Gasteiger partial charge in [-0.05, 0) is 47.2 Å². The van der Waals surface area contributed by atoms with Crippen molar-refractivity contribution in [2.24, 2.45) is 0 Å². The Hall–Kier alpha value is -3.04. The van der Waals surface area contributed by atoms with E-state index in [-0.39, 0.29) is 0 Å². The Morgan fingerprint density at radius 1 is 1.00 bits per heavy atom. The molecule has 2 N–H and O–H groups in total. The number of hydroxylamine groups is 2. The van der Waals surface area contributed by atoms with E-state index in [0.29, 0.717) is 48.3 Å². The average molecular weight is 449 g/mol. The van der Waals surface area contributed by atoms with Crippen molar-refractivity contribution in [2.45, 2.75) is 6.54 Å². The van der Waals surface area contributed by atoms with Crippen molar-refractivity contribution in [3.63, 3.8) is 0 Å². The molecule has 3 aromatic rings. The molecule has 0 spiro atoms. The highest BCUT2D eigenvalue weighted by molar-refractivity contribution is 7.91. The molecule has 0 unspecified atom stereocenters. The van der Waals surface area contributed by atoms with Crippen LogP contribution in [0.3, 0.4) is 0 Å². The summed E-state index contributed by atoms with van der Waals surface area (Å²) in [7, 11) is 0. The Labute approximate surface area is 189 Å². The van der Waals surface area contributed by atoms with Gasteiger partial charge in [-0.2, -0.15) is 0 Å². The van der Waals surface area contributed by atoms with Gasteiger partial charge in [0.25, 0.3) is 5.82 Å². The highest BCUT2D eigenvalue weighted by Crippen LogP contribution is 2.31. The first-order chi connectivity index (χ1) is 15.5. The van der Waals surface area contributed by atoms with Gasteiger partial charge < -0.3 is 24.9 Å². The Morgan fingerprint density at radius 3 is 2.44 bits per heavy atom. The number of hydrogen-bond acceptors (Lipinski definition) is 5. The van der Waals surface area contributed by atoms with E-state index in [1.165, 1.54) is 0 Å². The summed E-state index contributed by atoms with van der Waals surface area (Å²) >= 11 is -0.891. The molecular weight excluding hydrogens is 424 g/mol. The van der Waals surface area contributed by atoms with Crippen LogP contribution in [0.1, 0.15) is 11.1 Å². The van der Waals surface area contributed by atoms with Crippen molar-refractivity contribution in [2.75, 3.05) is 29.9 Å². The Balaban J connectivity index is 1.48. The zero-order valence-electron chi connectivity index (χ0n) is 17.5. The van der Waals surface area contributed by atoms with Gasteiger partial charge in [0, 0.05) is 24.2 Å². The maximum absolute atomic E-state index is 13.4. The molecule has 32 heavy (non-hydrogen) atoms. The monoisotopic (exact) mass is 448 g/mol. The van der Waals surface area contributed by atoms with Crippen molar-refractivity contribution in [1.29, 1.82) is 0 Å². The first kappa shape index (κ1) is 20.8. The molecule has 0 radical (unpaired) electrons. The van der Waals surface area contributed by atoms with Crippen molar-refractivity contribution < 1.29 is 9.28 Å². The number of nitrogens with zero attached hydrogens (tertiary/aromatic N) is 2. The third kappa shape index (κ3) is 3.93. The normalized spacial score (nSPS) is 22.1. The number of aromatic nitrogens is 1. The van der Waals surface area contributed by atoms with Gasteiger partial charge in [0.05, 0.1) is 5.56 Å². The molecule has 3 heterocycles. The zero-order valence-corrected chi connectivity index (χ0v) is 18.3. The van der Waals surface area contributed by atoms with E-state index < -0.39 is 15.8 Å². The summed E-state index contributed by atoms with van der Waals surface area (Å²) in [5.74, 6) is 1.32. The number of benzene rings is 2. The molecule has 1 aromatic heterocycles. The molecule has 0 amide bonds. The Morgan fingerprint density at radius 2 is 1.72 bits per heavy atom. The lowest BCUT2D eigenvalue weighted by Crippen LogP contribution is -2.53. The van der Waals surface area contributed by atoms with Crippen LogP contribution in [-0.4, -0.2) is 29.1 Å². The van der Waals surface area contributed by atoms with Crippen LogP contribution < -0.4 is 20.0 Å². The summed E-state index contributed by atoms with van der Waals surface area (Å²) in [5, 5.41) is 32.9. The van der Waals surface area contributed by atoms with Crippen molar-refractivity contribution in [1.82, 2.24) is 9.96 Å². The summed E-state index contributed by atoms with van der Waals surface area (Å²) in [5.41, 5.74) is 4.66. The van der Waals surface area contributed by atoms with Crippen LogP contribution >= 0.6 is 0 Å². The van der Waals surface area contributed by atoms with E-state index in [1.54, 1.807) is 12.1 Å². The number of nitrogens with one attached hydrogen (secondary N) is 2. The van der Waals surface area contributed by atoms with Gasteiger partial charge in [-0.3, -0.25) is 0 Å². The molecule has 2 aliphatic heterocycles. The molecule has 0 atom stereocenters. The standard InChI is InChI=1S/C24H24N4O3S/c29-27-23(18-4-2-1-3-5-18)16-19-10-11-25-17-22(19)24(27)26-20-6-8-21(9-7-20)28(30)12-14-32(31)15-13-28/h1-11,16,25-26H,12-15,17H2. The number of quaternary nitrogens is 1. The fraction of sp³-hybridized carbons (Fsp3) is 0.208. The second kappa shape index (κ2) is 8.48. The van der Waals surface area contributed by atoms with Gasteiger partial charge in [-0.15, -0.1) is 0 Å². The van der Waals surface area contributed by atoms with Crippen LogP contribution in [0.2, 0.25) is 0 Å². The van der Waals surface area contributed by atoms with E-state index in [2.05, 4.69) is 10.6 Å². The average Bonchev–Trinajstić information content (AvgIpc) is 2.83. The highest BCUT2D eigenvalue weighted by Gasteiger charge is 2.30. The summed E-state index contributed by atoms with van der Waals surface area (Å²) < 4.78 is 12.1. The van der Waals surface area contributed by atoms with Gasteiger partial charge >= 0.3 is 0 Å². The highest BCUT2D eigenvalue weighted by atomic mass is 32.2. The second-order valence-corrected chi connectivity index (χ2v) is 9.74. The number of anilines is 2. The molecule has 1 fully saturated rings. The van der Waals surface area contributed by atoms with Gasteiger partial charge in [0.15, 0.2) is 11.5 Å². The molecule has 2 aliphatic rings. The number of fused-ring (bicyclic) bond motifs is 1. The van der Waals surface area contributed by atoms with Crippen LogP contribution in [-0.2, 0) is 17.7 Å². The summed E-state index contributed by atoms with van der Waals surface area (Å²) in [6, 6.07) is 18.7. The minimum Gasteiger partial charge on any atom is -0.710 e. The van der Waals surface area contributed by atoms with E-state index >= 15 is 0 Å². The number of pyridine rings is 1. The number of rotatable bonds is 4. The third-order valence-corrected chi connectivity index (χ3v) is 7.31. The van der Waals surface area contributed by atoms with Crippen LogP contribution in [0.15, 0.2) is 66.9 Å². The zero-order chi connectivity index (χ0) is 22.1. The predicted octanol–water partition coefficient (Wildman–Crippen LogP) is 3.37.